The highest BCUT2D eigenvalue weighted by molar-refractivity contribution is 5.83. The van der Waals surface area contributed by atoms with E-state index in [2.05, 4.69) is 27.3 Å². The maximum absolute atomic E-state index is 12.6. The quantitative estimate of drug-likeness (QED) is 0.515. The van der Waals surface area contributed by atoms with Crippen molar-refractivity contribution < 1.29 is 4.79 Å². The molecule has 4 aromatic rings. The predicted octanol–water partition coefficient (Wildman–Crippen LogP) is 3.58. The van der Waals surface area contributed by atoms with Gasteiger partial charge in [0.05, 0.1) is 11.2 Å². The Morgan fingerprint density at radius 2 is 1.85 bits per heavy atom. The number of para-hydroxylation sites is 1. The number of carbonyl (C=O) groups excluding carboxylic acids is 1. The van der Waals surface area contributed by atoms with Crippen LogP contribution in [0.5, 0.6) is 0 Å². The molecule has 0 spiro atoms. The molecule has 2 aromatic carbocycles. The minimum Gasteiger partial charge on any atom is -0.342 e. The number of benzene rings is 2. The van der Waals surface area contributed by atoms with Gasteiger partial charge in [-0.15, -0.1) is 0 Å². The lowest BCUT2D eigenvalue weighted by atomic mass is 10.0. The molecule has 7 heteroatoms. The first-order valence-corrected chi connectivity index (χ1v) is 11.6. The van der Waals surface area contributed by atoms with E-state index in [0.717, 1.165) is 60.1 Å². The minimum absolute atomic E-state index is 0.242. The Balaban J connectivity index is 1.22. The number of hydrogen-bond acceptors (Lipinski definition) is 4. The summed E-state index contributed by atoms with van der Waals surface area (Å²) in [6, 6.07) is 18.1. The molecule has 33 heavy (non-hydrogen) atoms. The Morgan fingerprint density at radius 1 is 1.03 bits per heavy atom. The van der Waals surface area contributed by atoms with Crippen molar-refractivity contribution in [3.05, 3.63) is 77.1 Å². The first kappa shape index (κ1) is 19.9. The molecule has 2 aliphatic rings. The number of H-pyrrole nitrogens is 1. The Labute approximate surface area is 191 Å². The molecule has 2 aromatic heterocycles. The van der Waals surface area contributed by atoms with Crippen molar-refractivity contribution in [2.75, 3.05) is 13.1 Å². The fourth-order valence-electron chi connectivity index (χ4n) is 4.81. The number of nitrogens with one attached hydrogen (secondary N) is 1. The third kappa shape index (κ3) is 3.84. The van der Waals surface area contributed by atoms with E-state index in [0.29, 0.717) is 24.1 Å². The van der Waals surface area contributed by atoms with Crippen LogP contribution in [0.25, 0.3) is 27.7 Å². The van der Waals surface area contributed by atoms with Crippen LogP contribution in [0.3, 0.4) is 0 Å². The second-order valence-corrected chi connectivity index (χ2v) is 9.16. The minimum atomic E-state index is -0.242. The monoisotopic (exact) mass is 439 g/mol. The van der Waals surface area contributed by atoms with Crippen molar-refractivity contribution in [3.8, 4) is 16.8 Å². The van der Waals surface area contributed by atoms with Gasteiger partial charge in [0.15, 0.2) is 0 Å². The average molecular weight is 440 g/mol. The van der Waals surface area contributed by atoms with E-state index in [1.54, 1.807) is 4.57 Å². The number of hydrogen-bond donors (Lipinski definition) is 1. The fourth-order valence-corrected chi connectivity index (χ4v) is 4.81. The Hall–Kier alpha value is -3.74. The highest BCUT2D eigenvalue weighted by Gasteiger charge is 2.36. The molecule has 1 aliphatic carbocycles. The molecule has 0 radical (unpaired) electrons. The van der Waals surface area contributed by atoms with Gasteiger partial charge >= 0.3 is 5.69 Å². The summed E-state index contributed by atoms with van der Waals surface area (Å²) in [4.78, 5) is 31.5. The van der Waals surface area contributed by atoms with Crippen LogP contribution in [0.4, 0.5) is 0 Å². The largest absolute Gasteiger partial charge is 0.347 e. The molecule has 7 nitrogen and oxygen atoms in total. The van der Waals surface area contributed by atoms with E-state index in [9.17, 15) is 9.59 Å². The summed E-state index contributed by atoms with van der Waals surface area (Å²) in [5.74, 6) is 1.59. The van der Waals surface area contributed by atoms with Gasteiger partial charge in [0.25, 0.3) is 0 Å². The first-order chi connectivity index (χ1) is 16.2. The molecular weight excluding hydrogens is 414 g/mol. The van der Waals surface area contributed by atoms with Crippen molar-refractivity contribution in [1.29, 1.82) is 0 Å². The van der Waals surface area contributed by atoms with Crippen LogP contribution in [0.15, 0.2) is 65.6 Å². The van der Waals surface area contributed by atoms with Crippen molar-refractivity contribution in [3.63, 3.8) is 0 Å². The molecule has 2 fully saturated rings. The maximum atomic E-state index is 12.6. The van der Waals surface area contributed by atoms with Gasteiger partial charge in [-0.3, -0.25) is 9.78 Å². The molecule has 1 atom stereocenters. The van der Waals surface area contributed by atoms with Crippen molar-refractivity contribution in [2.24, 2.45) is 11.8 Å². The van der Waals surface area contributed by atoms with Crippen LogP contribution >= 0.6 is 0 Å². The van der Waals surface area contributed by atoms with Crippen molar-refractivity contribution in [1.82, 2.24) is 24.6 Å². The Kier molecular flexibility index (Phi) is 4.82. The number of fused-ring (bicyclic) bond motifs is 1. The van der Waals surface area contributed by atoms with Gasteiger partial charge in [0.2, 0.25) is 5.91 Å². The lowest BCUT2D eigenvalue weighted by molar-refractivity contribution is -0.131. The van der Waals surface area contributed by atoms with Crippen molar-refractivity contribution >= 4 is 16.8 Å². The zero-order chi connectivity index (χ0) is 22.4. The third-order valence-electron chi connectivity index (χ3n) is 6.79. The van der Waals surface area contributed by atoms with Crippen LogP contribution in [-0.4, -0.2) is 43.6 Å². The fraction of sp³-hybridized carbons (Fsp3) is 0.308. The standard InChI is InChI=1S/C26H25N5O2/c32-25(19-5-6-19)30-12-11-17(16-30)13-24-28-29-26(33)31(24)22-9-7-18(8-10-22)21-14-20-3-1-2-4-23(20)27-15-21/h1-4,7-10,14-15,17,19H,5-6,11-13,16H2,(H,29,33). The lowest BCUT2D eigenvalue weighted by Gasteiger charge is -2.16. The first-order valence-electron chi connectivity index (χ1n) is 11.6. The number of pyridine rings is 1. The Bertz CT molecular complexity index is 1380. The normalized spacial score (nSPS) is 18.2. The lowest BCUT2D eigenvalue weighted by Crippen LogP contribution is -2.30. The van der Waals surface area contributed by atoms with E-state index >= 15 is 0 Å². The summed E-state index contributed by atoms with van der Waals surface area (Å²) < 4.78 is 1.65. The molecule has 1 amide bonds. The van der Waals surface area contributed by atoms with Crippen LogP contribution < -0.4 is 5.69 Å². The van der Waals surface area contributed by atoms with Crippen LogP contribution in [-0.2, 0) is 11.2 Å². The Morgan fingerprint density at radius 3 is 2.67 bits per heavy atom. The second-order valence-electron chi connectivity index (χ2n) is 9.16. The number of carbonyl (C=O) groups is 1. The topological polar surface area (TPSA) is 83.9 Å². The van der Waals surface area contributed by atoms with Gasteiger partial charge in [0, 0.05) is 42.6 Å². The summed E-state index contributed by atoms with van der Waals surface area (Å²) in [7, 11) is 0. The zero-order valence-electron chi connectivity index (χ0n) is 18.3. The molecule has 1 unspecified atom stereocenters. The van der Waals surface area contributed by atoms with Gasteiger partial charge in [-0.25, -0.2) is 14.5 Å². The molecule has 1 aliphatic heterocycles. The van der Waals surface area contributed by atoms with Crippen molar-refractivity contribution in [2.45, 2.75) is 25.7 Å². The molecule has 1 N–H and O–H groups in total. The molecule has 1 saturated carbocycles. The summed E-state index contributed by atoms with van der Waals surface area (Å²) in [6.45, 7) is 1.56. The number of amides is 1. The van der Waals surface area contributed by atoms with Crippen LogP contribution in [0.2, 0.25) is 0 Å². The van der Waals surface area contributed by atoms with Gasteiger partial charge in [-0.2, -0.15) is 5.10 Å². The number of likely N-dealkylation sites (tertiary alicyclic amines) is 1. The third-order valence-corrected chi connectivity index (χ3v) is 6.79. The number of aromatic nitrogens is 4. The van der Waals surface area contributed by atoms with E-state index in [-0.39, 0.29) is 11.6 Å². The average Bonchev–Trinajstić information content (AvgIpc) is 3.50. The van der Waals surface area contributed by atoms with E-state index in [4.69, 9.17) is 0 Å². The molecule has 1 saturated heterocycles. The van der Waals surface area contributed by atoms with Gasteiger partial charge in [0.1, 0.15) is 5.82 Å². The second kappa shape index (κ2) is 7.99. The van der Waals surface area contributed by atoms with Gasteiger partial charge in [-0.1, -0.05) is 30.3 Å². The van der Waals surface area contributed by atoms with Crippen LogP contribution in [0, 0.1) is 11.8 Å². The van der Waals surface area contributed by atoms with Crippen LogP contribution in [0.1, 0.15) is 25.1 Å². The summed E-state index contributed by atoms with van der Waals surface area (Å²) in [6.07, 6.45) is 5.56. The number of aromatic amines is 1. The predicted molar refractivity (Wildman–Crippen MR) is 126 cm³/mol. The van der Waals surface area contributed by atoms with Gasteiger partial charge < -0.3 is 4.90 Å². The summed E-state index contributed by atoms with van der Waals surface area (Å²) in [5, 5.41) is 8.00. The molecule has 6 rings (SSSR count). The molecule has 0 bridgehead atoms. The highest BCUT2D eigenvalue weighted by atomic mass is 16.2. The summed E-state index contributed by atoms with van der Waals surface area (Å²) >= 11 is 0. The van der Waals surface area contributed by atoms with E-state index in [1.807, 2.05) is 53.6 Å². The highest BCUT2D eigenvalue weighted by Crippen LogP contribution is 2.33. The number of rotatable bonds is 5. The molecular formula is C26H25N5O2. The summed E-state index contributed by atoms with van der Waals surface area (Å²) in [5.41, 5.74) is 3.59. The molecule has 3 heterocycles. The maximum Gasteiger partial charge on any atom is 0.347 e. The SMILES string of the molecule is O=C(C1CC1)N1CCC(Cc2n[nH]c(=O)n2-c2ccc(-c3cnc4ccccc4c3)cc2)C1. The molecule has 166 valence electrons. The van der Waals surface area contributed by atoms with E-state index in [1.165, 1.54) is 0 Å². The zero-order valence-corrected chi connectivity index (χ0v) is 18.3. The number of nitrogens with zero attached hydrogens (tertiary/aromatic N) is 4. The smallest absolute Gasteiger partial charge is 0.342 e. The van der Waals surface area contributed by atoms with Gasteiger partial charge in [-0.05, 0) is 55.0 Å². The van der Waals surface area contributed by atoms with E-state index < -0.39 is 0 Å².